The number of hydrogen-bond donors (Lipinski definition) is 1. The van der Waals surface area contributed by atoms with Gasteiger partial charge in [0, 0.05) is 26.2 Å². The molecule has 0 bridgehead atoms. The molecule has 0 amide bonds. The van der Waals surface area contributed by atoms with Crippen molar-refractivity contribution in [3.05, 3.63) is 10.6 Å². The quantitative estimate of drug-likeness (QED) is 0.862. The van der Waals surface area contributed by atoms with Crippen LogP contribution in [0, 0.1) is 0 Å². The van der Waals surface area contributed by atoms with Crippen molar-refractivity contribution in [1.29, 1.82) is 0 Å². The van der Waals surface area contributed by atoms with Crippen molar-refractivity contribution in [3.63, 3.8) is 0 Å². The van der Waals surface area contributed by atoms with Crippen LogP contribution in [0.15, 0.2) is 0 Å². The van der Waals surface area contributed by atoms with E-state index in [2.05, 4.69) is 30.6 Å². The molecule has 4 nitrogen and oxygen atoms in total. The molecule has 2 heterocycles. The average Bonchev–Trinajstić information content (AvgIpc) is 2.84. The molecule has 2 rings (SSSR count). The lowest BCUT2D eigenvalue weighted by atomic mass is 10.1. The number of nitrogens with two attached hydrogens (primary N) is 1. The highest BCUT2D eigenvalue weighted by atomic mass is 32.1. The zero-order valence-electron chi connectivity index (χ0n) is 11.8. The summed E-state index contributed by atoms with van der Waals surface area (Å²) in [6.45, 7) is 11.9. The highest BCUT2D eigenvalue weighted by molar-refractivity contribution is 7.81. The van der Waals surface area contributed by atoms with E-state index in [1.807, 2.05) is 0 Å². The minimum absolute atomic E-state index is 0.360. The van der Waals surface area contributed by atoms with Gasteiger partial charge in [-0.05, 0) is 12.5 Å². The first-order valence-electron chi connectivity index (χ1n) is 6.80. The molecule has 0 aliphatic carbocycles. The van der Waals surface area contributed by atoms with Crippen molar-refractivity contribution < 1.29 is 0 Å². The fourth-order valence-electron chi connectivity index (χ4n) is 2.28. The Morgan fingerprint density at radius 3 is 2.42 bits per heavy atom. The van der Waals surface area contributed by atoms with Crippen molar-refractivity contribution in [1.82, 2.24) is 9.88 Å². The average molecular weight is 298 g/mol. The third-order valence-corrected chi connectivity index (χ3v) is 5.00. The molecule has 1 aliphatic heterocycles. The molecule has 0 aromatic carbocycles. The van der Waals surface area contributed by atoms with E-state index in [4.69, 9.17) is 22.9 Å². The Labute approximate surface area is 124 Å². The van der Waals surface area contributed by atoms with Gasteiger partial charge >= 0.3 is 0 Å². The third-order valence-electron chi connectivity index (χ3n) is 3.50. The van der Waals surface area contributed by atoms with Crippen LogP contribution in [0.5, 0.6) is 0 Å². The maximum Gasteiger partial charge on any atom is 0.186 e. The second-order valence-electron chi connectivity index (χ2n) is 5.15. The summed E-state index contributed by atoms with van der Waals surface area (Å²) in [4.78, 5) is 11.0. The van der Waals surface area contributed by atoms with Gasteiger partial charge in [-0.15, -0.1) is 0 Å². The topological polar surface area (TPSA) is 45.4 Å². The van der Waals surface area contributed by atoms with Crippen LogP contribution in [0.25, 0.3) is 0 Å². The van der Waals surface area contributed by atoms with Crippen LogP contribution in [0.2, 0.25) is 0 Å². The Hall–Kier alpha value is -0.720. The lowest BCUT2D eigenvalue weighted by Crippen LogP contribution is -2.46. The first-order valence-corrected chi connectivity index (χ1v) is 8.03. The Morgan fingerprint density at radius 1 is 1.37 bits per heavy atom. The number of nitrogens with zero attached hydrogens (tertiary/aromatic N) is 3. The van der Waals surface area contributed by atoms with Gasteiger partial charge in [0.15, 0.2) is 5.13 Å². The number of thiazole rings is 1. The van der Waals surface area contributed by atoms with Crippen molar-refractivity contribution in [3.8, 4) is 0 Å². The van der Waals surface area contributed by atoms with Gasteiger partial charge < -0.3 is 15.5 Å². The van der Waals surface area contributed by atoms with Crippen LogP contribution < -0.4 is 10.6 Å². The number of likely N-dealkylation sites (N-methyl/N-ethyl adjacent to an activating group) is 1. The zero-order valence-corrected chi connectivity index (χ0v) is 13.5. The summed E-state index contributed by atoms with van der Waals surface area (Å²) in [5.41, 5.74) is 6.86. The van der Waals surface area contributed by atoms with Crippen molar-refractivity contribution in [2.75, 3.05) is 37.6 Å². The maximum absolute atomic E-state index is 5.81. The van der Waals surface area contributed by atoms with E-state index in [0.29, 0.717) is 10.9 Å². The standard InChI is InChI=1S/C13H22N4S2/c1-4-16-5-7-17(8-6-16)13-15-10(9(2)3)11(19-13)12(14)18/h9H,4-8H2,1-3H3,(H2,14,18). The minimum atomic E-state index is 0.360. The summed E-state index contributed by atoms with van der Waals surface area (Å²) in [6, 6.07) is 0. The molecule has 1 aliphatic rings. The Bertz CT molecular complexity index is 447. The largest absolute Gasteiger partial charge is 0.389 e. The van der Waals surface area contributed by atoms with Crippen LogP contribution in [0.4, 0.5) is 5.13 Å². The first-order chi connectivity index (χ1) is 9.02. The predicted octanol–water partition coefficient (Wildman–Crippen LogP) is 2.04. The van der Waals surface area contributed by atoms with Crippen LogP contribution in [0.1, 0.15) is 37.3 Å². The van der Waals surface area contributed by atoms with Gasteiger partial charge in [-0.1, -0.05) is 44.3 Å². The van der Waals surface area contributed by atoms with Gasteiger partial charge in [0.2, 0.25) is 0 Å². The van der Waals surface area contributed by atoms with Crippen LogP contribution in [-0.2, 0) is 0 Å². The molecular weight excluding hydrogens is 276 g/mol. The lowest BCUT2D eigenvalue weighted by Gasteiger charge is -2.33. The molecule has 0 atom stereocenters. The van der Waals surface area contributed by atoms with Gasteiger partial charge in [0.1, 0.15) is 4.99 Å². The van der Waals surface area contributed by atoms with Crippen LogP contribution in [-0.4, -0.2) is 47.6 Å². The molecule has 0 spiro atoms. The zero-order chi connectivity index (χ0) is 14.0. The van der Waals surface area contributed by atoms with E-state index < -0.39 is 0 Å². The summed E-state index contributed by atoms with van der Waals surface area (Å²) in [7, 11) is 0. The molecule has 1 aromatic rings. The van der Waals surface area contributed by atoms with E-state index in [0.717, 1.165) is 48.4 Å². The second kappa shape index (κ2) is 6.15. The van der Waals surface area contributed by atoms with Crippen molar-refractivity contribution >= 4 is 33.7 Å². The smallest absolute Gasteiger partial charge is 0.186 e. The van der Waals surface area contributed by atoms with E-state index >= 15 is 0 Å². The van der Waals surface area contributed by atoms with Gasteiger partial charge in [-0.2, -0.15) is 0 Å². The molecule has 1 fully saturated rings. The molecule has 106 valence electrons. The molecule has 0 radical (unpaired) electrons. The van der Waals surface area contributed by atoms with Gasteiger partial charge in [0.25, 0.3) is 0 Å². The number of aromatic nitrogens is 1. The first kappa shape index (κ1) is 14.7. The summed E-state index contributed by atoms with van der Waals surface area (Å²) in [6.07, 6.45) is 0. The van der Waals surface area contributed by atoms with Crippen molar-refractivity contribution in [2.24, 2.45) is 5.73 Å². The van der Waals surface area contributed by atoms with Crippen LogP contribution >= 0.6 is 23.6 Å². The summed E-state index contributed by atoms with van der Waals surface area (Å²) >= 11 is 6.78. The Kier molecular flexibility index (Phi) is 4.76. The number of rotatable bonds is 4. The monoisotopic (exact) mass is 298 g/mol. The fourth-order valence-corrected chi connectivity index (χ4v) is 3.63. The number of piperazine rings is 1. The van der Waals surface area contributed by atoms with Gasteiger partial charge in [0.05, 0.1) is 10.6 Å². The van der Waals surface area contributed by atoms with Gasteiger partial charge in [-0.25, -0.2) is 4.98 Å². The van der Waals surface area contributed by atoms with Gasteiger partial charge in [-0.3, -0.25) is 0 Å². The molecule has 6 heteroatoms. The summed E-state index contributed by atoms with van der Waals surface area (Å²) in [5, 5.41) is 1.07. The predicted molar refractivity (Wildman–Crippen MR) is 86.4 cm³/mol. The normalized spacial score (nSPS) is 17.2. The third kappa shape index (κ3) is 3.24. The summed E-state index contributed by atoms with van der Waals surface area (Å²) < 4.78 is 0. The lowest BCUT2D eigenvalue weighted by molar-refractivity contribution is 0.271. The molecular formula is C13H22N4S2. The number of anilines is 1. The summed E-state index contributed by atoms with van der Waals surface area (Å²) in [5.74, 6) is 0.360. The maximum atomic E-state index is 5.81. The van der Waals surface area contributed by atoms with Crippen molar-refractivity contribution in [2.45, 2.75) is 26.7 Å². The van der Waals surface area contributed by atoms with E-state index in [1.165, 1.54) is 0 Å². The van der Waals surface area contributed by atoms with E-state index in [1.54, 1.807) is 11.3 Å². The van der Waals surface area contributed by atoms with Crippen LogP contribution in [0.3, 0.4) is 0 Å². The molecule has 0 saturated carbocycles. The highest BCUT2D eigenvalue weighted by Gasteiger charge is 2.22. The van der Waals surface area contributed by atoms with E-state index in [9.17, 15) is 0 Å². The molecule has 0 unspecified atom stereocenters. The highest BCUT2D eigenvalue weighted by Crippen LogP contribution is 2.31. The number of hydrogen-bond acceptors (Lipinski definition) is 5. The molecule has 1 saturated heterocycles. The second-order valence-corrected chi connectivity index (χ2v) is 6.57. The SMILES string of the molecule is CCN1CCN(c2nc(C(C)C)c(C(N)=S)s2)CC1. The Balaban J connectivity index is 2.17. The molecule has 1 aromatic heterocycles. The molecule has 19 heavy (non-hydrogen) atoms. The fraction of sp³-hybridized carbons (Fsp3) is 0.692. The van der Waals surface area contributed by atoms with E-state index in [-0.39, 0.29) is 0 Å². The Morgan fingerprint density at radius 2 is 2.00 bits per heavy atom. The molecule has 2 N–H and O–H groups in total. The number of thiocarbonyl (C=S) groups is 1. The minimum Gasteiger partial charge on any atom is -0.389 e.